The summed E-state index contributed by atoms with van der Waals surface area (Å²) in [7, 11) is -2.55. The third-order valence-electron chi connectivity index (χ3n) is 6.08. The van der Waals surface area contributed by atoms with Gasteiger partial charge in [-0.2, -0.15) is 0 Å². The number of carbonyl (C=O) groups excluding carboxylic acids is 1. The maximum absolute atomic E-state index is 13.2. The molecule has 0 spiro atoms. The molecule has 2 aromatic heterocycles. The molecule has 1 aliphatic rings. The number of sulfonamides is 1. The lowest BCUT2D eigenvalue weighted by Gasteiger charge is -2.29. The highest BCUT2D eigenvalue weighted by molar-refractivity contribution is 7.89. The molecule has 180 valence electrons. The largest absolute Gasteiger partial charge is 0.495 e. The smallest absolute Gasteiger partial charge is 0.338 e. The van der Waals surface area contributed by atoms with Gasteiger partial charge in [-0.05, 0) is 49.1 Å². The van der Waals surface area contributed by atoms with E-state index in [2.05, 4.69) is 9.71 Å². The highest BCUT2D eigenvalue weighted by Crippen LogP contribution is 2.29. The molecule has 0 amide bonds. The zero-order valence-corrected chi connectivity index (χ0v) is 19.9. The molecule has 0 bridgehead atoms. The zero-order valence-electron chi connectivity index (χ0n) is 19.1. The predicted molar refractivity (Wildman–Crippen MR) is 125 cm³/mol. The normalized spacial score (nSPS) is 18.5. The van der Waals surface area contributed by atoms with Gasteiger partial charge < -0.3 is 9.47 Å². The summed E-state index contributed by atoms with van der Waals surface area (Å²) in [5.74, 6) is -0.377. The Morgan fingerprint density at radius 3 is 2.74 bits per heavy atom. The van der Waals surface area contributed by atoms with E-state index in [9.17, 15) is 18.0 Å². The van der Waals surface area contributed by atoms with Crippen LogP contribution in [0, 0.1) is 5.92 Å². The van der Waals surface area contributed by atoms with Gasteiger partial charge in [0.25, 0.3) is 5.56 Å². The Hall–Kier alpha value is -3.24. The van der Waals surface area contributed by atoms with E-state index >= 15 is 0 Å². The summed E-state index contributed by atoms with van der Waals surface area (Å²) in [4.78, 5) is 29.1. The van der Waals surface area contributed by atoms with Gasteiger partial charge in [0.2, 0.25) is 10.0 Å². The Labute approximate surface area is 197 Å². The Balaban J connectivity index is 1.53. The van der Waals surface area contributed by atoms with Gasteiger partial charge in [0.1, 0.15) is 22.9 Å². The minimum atomic E-state index is -3.93. The van der Waals surface area contributed by atoms with Crippen LogP contribution in [0.2, 0.25) is 0 Å². The van der Waals surface area contributed by atoms with Crippen LogP contribution in [0.25, 0.3) is 5.65 Å². The predicted octanol–water partition coefficient (Wildman–Crippen LogP) is 2.92. The molecule has 10 heteroatoms. The summed E-state index contributed by atoms with van der Waals surface area (Å²) in [5.41, 5.74) is 0.480. The molecule has 1 aromatic carbocycles. The number of esters is 1. The maximum atomic E-state index is 13.2. The number of fused-ring (bicyclic) bond motifs is 1. The lowest BCUT2D eigenvalue weighted by Crippen LogP contribution is -2.41. The van der Waals surface area contributed by atoms with E-state index in [0.29, 0.717) is 11.3 Å². The van der Waals surface area contributed by atoms with Crippen molar-refractivity contribution < 1.29 is 22.7 Å². The highest BCUT2D eigenvalue weighted by Gasteiger charge is 2.29. The van der Waals surface area contributed by atoms with Crippen LogP contribution in [-0.2, 0) is 21.4 Å². The minimum Gasteiger partial charge on any atom is -0.495 e. The van der Waals surface area contributed by atoms with Crippen molar-refractivity contribution in [1.82, 2.24) is 14.1 Å². The van der Waals surface area contributed by atoms with Gasteiger partial charge in [-0.1, -0.05) is 25.8 Å². The van der Waals surface area contributed by atoms with E-state index in [-0.39, 0.29) is 40.3 Å². The summed E-state index contributed by atoms with van der Waals surface area (Å²) >= 11 is 0. The molecule has 0 saturated heterocycles. The van der Waals surface area contributed by atoms with Gasteiger partial charge in [-0.15, -0.1) is 0 Å². The first-order valence-electron chi connectivity index (χ1n) is 11.1. The summed E-state index contributed by atoms with van der Waals surface area (Å²) in [5, 5.41) is 0. The number of nitrogens with zero attached hydrogens (tertiary/aromatic N) is 2. The molecule has 1 N–H and O–H groups in total. The number of ether oxygens (including phenoxy) is 2. The Bertz CT molecular complexity index is 1370. The molecular formula is C24H27N3O6S. The first-order valence-corrected chi connectivity index (χ1v) is 12.6. The molecule has 4 rings (SSSR count). The van der Waals surface area contributed by atoms with E-state index in [1.807, 2.05) is 6.92 Å². The van der Waals surface area contributed by atoms with Gasteiger partial charge in [0.05, 0.1) is 18.4 Å². The molecule has 9 nitrogen and oxygen atoms in total. The van der Waals surface area contributed by atoms with Crippen molar-refractivity contribution in [2.24, 2.45) is 5.92 Å². The lowest BCUT2D eigenvalue weighted by atomic mass is 9.87. The van der Waals surface area contributed by atoms with Crippen molar-refractivity contribution in [2.75, 3.05) is 7.11 Å². The first-order chi connectivity index (χ1) is 16.3. The number of nitrogens with one attached hydrogen (secondary N) is 1. The van der Waals surface area contributed by atoms with Crippen LogP contribution in [0.4, 0.5) is 0 Å². The Morgan fingerprint density at radius 1 is 1.18 bits per heavy atom. The molecule has 0 aliphatic heterocycles. The maximum Gasteiger partial charge on any atom is 0.338 e. The van der Waals surface area contributed by atoms with Crippen molar-refractivity contribution in [3.05, 3.63) is 70.3 Å². The second-order valence-corrected chi connectivity index (χ2v) is 10.1. The number of carbonyl (C=O) groups is 1. The monoisotopic (exact) mass is 485 g/mol. The van der Waals surface area contributed by atoms with Crippen molar-refractivity contribution in [2.45, 2.75) is 50.2 Å². The fourth-order valence-corrected chi connectivity index (χ4v) is 5.74. The molecule has 0 unspecified atom stereocenters. The molecule has 34 heavy (non-hydrogen) atoms. The minimum absolute atomic E-state index is 0.0513. The van der Waals surface area contributed by atoms with Crippen molar-refractivity contribution in [3.63, 3.8) is 0 Å². The van der Waals surface area contributed by atoms with Crippen LogP contribution < -0.4 is 15.0 Å². The van der Waals surface area contributed by atoms with Crippen molar-refractivity contribution in [1.29, 1.82) is 0 Å². The van der Waals surface area contributed by atoms with Crippen LogP contribution in [0.5, 0.6) is 5.75 Å². The van der Waals surface area contributed by atoms with Gasteiger partial charge in [-0.3, -0.25) is 9.20 Å². The number of methoxy groups -OCH3 is 1. The summed E-state index contributed by atoms with van der Waals surface area (Å²) in [6, 6.07) is 10.4. The fourth-order valence-electron chi connectivity index (χ4n) is 4.17. The van der Waals surface area contributed by atoms with E-state index < -0.39 is 16.0 Å². The van der Waals surface area contributed by atoms with Crippen molar-refractivity contribution in [3.8, 4) is 5.75 Å². The molecule has 3 aromatic rings. The average molecular weight is 486 g/mol. The Morgan fingerprint density at radius 2 is 1.97 bits per heavy atom. The van der Waals surface area contributed by atoms with Gasteiger partial charge in [0.15, 0.2) is 0 Å². The van der Waals surface area contributed by atoms with Crippen LogP contribution in [0.1, 0.15) is 48.7 Å². The second kappa shape index (κ2) is 9.94. The molecule has 2 heterocycles. The quantitative estimate of drug-likeness (QED) is 0.512. The molecular weight excluding hydrogens is 458 g/mol. The SMILES string of the molecule is COc1ccc(C(=O)OCc2cc(=O)n3ccccc3n2)cc1S(=O)(=O)N[C@@H]1CCCC[C@H]1C. The fraction of sp³-hybridized carbons (Fsp3) is 0.375. The highest BCUT2D eigenvalue weighted by atomic mass is 32.2. The zero-order chi connectivity index (χ0) is 24.3. The number of hydrogen-bond acceptors (Lipinski definition) is 7. The third kappa shape index (κ3) is 5.13. The lowest BCUT2D eigenvalue weighted by molar-refractivity contribution is 0.0467. The summed E-state index contributed by atoms with van der Waals surface area (Å²) in [6.07, 6.45) is 5.38. The van der Waals surface area contributed by atoms with Gasteiger partial charge in [0, 0.05) is 18.3 Å². The average Bonchev–Trinajstić information content (AvgIpc) is 2.83. The second-order valence-electron chi connectivity index (χ2n) is 8.45. The van der Waals surface area contributed by atoms with E-state index in [1.165, 1.54) is 35.8 Å². The van der Waals surface area contributed by atoms with Crippen LogP contribution >= 0.6 is 0 Å². The van der Waals surface area contributed by atoms with E-state index in [1.54, 1.807) is 24.4 Å². The molecule has 1 saturated carbocycles. The summed E-state index contributed by atoms with van der Waals surface area (Å²) in [6.45, 7) is 1.80. The van der Waals surface area contributed by atoms with Crippen LogP contribution in [0.15, 0.2) is 58.4 Å². The van der Waals surface area contributed by atoms with Crippen LogP contribution in [0.3, 0.4) is 0 Å². The molecule has 1 fully saturated rings. The van der Waals surface area contributed by atoms with E-state index in [4.69, 9.17) is 9.47 Å². The van der Waals surface area contributed by atoms with Gasteiger partial charge in [-0.25, -0.2) is 22.9 Å². The third-order valence-corrected chi connectivity index (χ3v) is 7.59. The van der Waals surface area contributed by atoms with Gasteiger partial charge >= 0.3 is 5.97 Å². The number of benzene rings is 1. The van der Waals surface area contributed by atoms with Crippen molar-refractivity contribution >= 4 is 21.6 Å². The van der Waals surface area contributed by atoms with E-state index in [0.717, 1.165) is 25.7 Å². The number of pyridine rings is 1. The molecule has 2 atom stereocenters. The molecule has 1 aliphatic carbocycles. The standard InChI is InChI=1S/C24H27N3O6S/c1-16-7-3-4-8-19(16)26-34(30,31)21-13-17(10-11-20(21)32-2)24(29)33-15-18-14-23(28)27-12-6-5-9-22(27)25-18/h5-6,9-14,16,19,26H,3-4,7-8,15H2,1-2H3/t16-,19-/m1/s1. The molecule has 0 radical (unpaired) electrons. The first kappa shape index (κ1) is 23.9. The van der Waals surface area contributed by atoms with Crippen LogP contribution in [-0.4, -0.2) is 36.9 Å². The number of hydrogen-bond donors (Lipinski definition) is 1. The number of rotatable bonds is 7. The number of aromatic nitrogens is 2. The topological polar surface area (TPSA) is 116 Å². The summed E-state index contributed by atoms with van der Waals surface area (Å²) < 4.78 is 41.0. The Kier molecular flexibility index (Phi) is 6.99.